The van der Waals surface area contributed by atoms with Crippen molar-refractivity contribution in [2.75, 3.05) is 0 Å². The molecule has 7 nitrogen and oxygen atoms in total. The van der Waals surface area contributed by atoms with Crippen LogP contribution < -0.4 is 10.5 Å². The van der Waals surface area contributed by atoms with Crippen molar-refractivity contribution in [1.82, 2.24) is 19.5 Å². The molecule has 0 amide bonds. The lowest BCUT2D eigenvalue weighted by Gasteiger charge is -2.12. The number of nitrogens with two attached hydrogens (primary N) is 1. The smallest absolute Gasteiger partial charge is 0.241 e. The first-order valence-corrected chi connectivity index (χ1v) is 8.10. The van der Waals surface area contributed by atoms with Crippen LogP contribution in [0.5, 0.6) is 0 Å². The van der Waals surface area contributed by atoms with Gasteiger partial charge in [-0.1, -0.05) is 19.1 Å². The van der Waals surface area contributed by atoms with Crippen molar-refractivity contribution < 1.29 is 8.42 Å². The standard InChI is InChI=1S/C13H19N5O2S/c1-3-11-5-4-10(7-14)6-12(11)21(19,20)16-8-13-17-15-9-18(13)2/h4-6,9,16H,3,7-8,14H2,1-2H3. The normalized spacial score (nSPS) is 11.8. The number of aryl methyl sites for hydroxylation is 2. The molecular weight excluding hydrogens is 290 g/mol. The van der Waals surface area contributed by atoms with Gasteiger partial charge in [-0.25, -0.2) is 13.1 Å². The van der Waals surface area contributed by atoms with Crippen molar-refractivity contribution in [3.8, 4) is 0 Å². The number of rotatable bonds is 6. The Morgan fingerprint density at radius 2 is 2.14 bits per heavy atom. The molecule has 0 atom stereocenters. The first-order valence-electron chi connectivity index (χ1n) is 6.62. The van der Waals surface area contributed by atoms with Gasteiger partial charge >= 0.3 is 0 Å². The van der Waals surface area contributed by atoms with Gasteiger partial charge in [0.2, 0.25) is 10.0 Å². The van der Waals surface area contributed by atoms with Crippen LogP contribution in [-0.2, 0) is 36.6 Å². The van der Waals surface area contributed by atoms with Crippen LogP contribution in [0, 0.1) is 0 Å². The van der Waals surface area contributed by atoms with Crippen molar-refractivity contribution in [2.45, 2.75) is 31.3 Å². The van der Waals surface area contributed by atoms with E-state index in [0.29, 0.717) is 18.8 Å². The summed E-state index contributed by atoms with van der Waals surface area (Å²) in [6, 6.07) is 5.28. The van der Waals surface area contributed by atoms with Gasteiger partial charge < -0.3 is 10.3 Å². The van der Waals surface area contributed by atoms with Gasteiger partial charge in [0.05, 0.1) is 11.4 Å². The van der Waals surface area contributed by atoms with Crippen molar-refractivity contribution in [3.63, 3.8) is 0 Å². The summed E-state index contributed by atoms with van der Waals surface area (Å²) in [5.74, 6) is 0.548. The minimum atomic E-state index is -3.62. The van der Waals surface area contributed by atoms with Gasteiger partial charge in [0.1, 0.15) is 12.2 Å². The zero-order chi connectivity index (χ0) is 15.5. The predicted octanol–water partition coefficient (Wildman–Crippen LogP) is 0.315. The Morgan fingerprint density at radius 3 is 2.71 bits per heavy atom. The van der Waals surface area contributed by atoms with Crippen LogP contribution in [0.25, 0.3) is 0 Å². The number of nitrogens with one attached hydrogen (secondary N) is 1. The largest absolute Gasteiger partial charge is 0.326 e. The SMILES string of the molecule is CCc1ccc(CN)cc1S(=O)(=O)NCc1nncn1C. The van der Waals surface area contributed by atoms with Crippen LogP contribution in [0.4, 0.5) is 0 Å². The number of sulfonamides is 1. The molecule has 0 aliphatic rings. The fraction of sp³-hybridized carbons (Fsp3) is 0.385. The number of benzene rings is 1. The topological polar surface area (TPSA) is 103 Å². The van der Waals surface area contributed by atoms with Gasteiger partial charge in [0, 0.05) is 13.6 Å². The highest BCUT2D eigenvalue weighted by atomic mass is 32.2. The monoisotopic (exact) mass is 309 g/mol. The number of hydrogen-bond acceptors (Lipinski definition) is 5. The maximum Gasteiger partial charge on any atom is 0.241 e. The number of hydrogen-bond donors (Lipinski definition) is 2. The summed E-state index contributed by atoms with van der Waals surface area (Å²) < 4.78 is 29.2. The molecule has 0 spiro atoms. The Kier molecular flexibility index (Phi) is 4.71. The zero-order valence-electron chi connectivity index (χ0n) is 12.1. The lowest BCUT2D eigenvalue weighted by Crippen LogP contribution is -2.26. The first-order chi connectivity index (χ1) is 9.97. The molecule has 0 saturated heterocycles. The Morgan fingerprint density at radius 1 is 1.38 bits per heavy atom. The molecule has 0 unspecified atom stereocenters. The summed E-state index contributed by atoms with van der Waals surface area (Å²) in [5, 5.41) is 7.57. The highest BCUT2D eigenvalue weighted by molar-refractivity contribution is 7.89. The van der Waals surface area contributed by atoms with E-state index in [2.05, 4.69) is 14.9 Å². The van der Waals surface area contributed by atoms with E-state index in [1.807, 2.05) is 13.0 Å². The fourth-order valence-corrected chi connectivity index (χ4v) is 3.31. The van der Waals surface area contributed by atoms with Crippen molar-refractivity contribution >= 4 is 10.0 Å². The van der Waals surface area contributed by atoms with Crippen molar-refractivity contribution in [1.29, 1.82) is 0 Å². The molecule has 0 aliphatic heterocycles. The number of aromatic nitrogens is 3. The maximum atomic E-state index is 12.5. The molecule has 0 fully saturated rings. The highest BCUT2D eigenvalue weighted by Gasteiger charge is 2.19. The van der Waals surface area contributed by atoms with E-state index >= 15 is 0 Å². The minimum Gasteiger partial charge on any atom is -0.326 e. The van der Waals surface area contributed by atoms with E-state index in [4.69, 9.17) is 5.73 Å². The van der Waals surface area contributed by atoms with Crippen LogP contribution in [0.3, 0.4) is 0 Å². The van der Waals surface area contributed by atoms with E-state index in [-0.39, 0.29) is 11.4 Å². The molecule has 1 heterocycles. The number of nitrogens with zero attached hydrogens (tertiary/aromatic N) is 3. The second-order valence-corrected chi connectivity index (χ2v) is 6.42. The van der Waals surface area contributed by atoms with E-state index in [0.717, 1.165) is 11.1 Å². The summed E-state index contributed by atoms with van der Waals surface area (Å²) in [6.45, 7) is 2.31. The lowest BCUT2D eigenvalue weighted by atomic mass is 10.1. The predicted molar refractivity (Wildman–Crippen MR) is 78.7 cm³/mol. The van der Waals surface area contributed by atoms with Gasteiger partial charge in [-0.15, -0.1) is 10.2 Å². The van der Waals surface area contributed by atoms with Gasteiger partial charge in [-0.3, -0.25) is 0 Å². The van der Waals surface area contributed by atoms with Crippen LogP contribution in [0.2, 0.25) is 0 Å². The summed E-state index contributed by atoms with van der Waals surface area (Å²) in [4.78, 5) is 0.273. The maximum absolute atomic E-state index is 12.5. The summed E-state index contributed by atoms with van der Waals surface area (Å²) in [5.41, 5.74) is 7.13. The van der Waals surface area contributed by atoms with Gasteiger partial charge in [0.25, 0.3) is 0 Å². The van der Waals surface area contributed by atoms with Crippen LogP contribution in [0.1, 0.15) is 23.9 Å². The Labute approximate surface area is 124 Å². The molecule has 21 heavy (non-hydrogen) atoms. The molecule has 2 aromatic rings. The quantitative estimate of drug-likeness (QED) is 0.799. The molecular formula is C13H19N5O2S. The molecule has 2 rings (SSSR count). The molecule has 0 saturated carbocycles. The molecule has 114 valence electrons. The third-order valence-corrected chi connectivity index (χ3v) is 4.75. The Balaban J connectivity index is 2.28. The average molecular weight is 309 g/mol. The van der Waals surface area contributed by atoms with Crippen LogP contribution >= 0.6 is 0 Å². The van der Waals surface area contributed by atoms with Gasteiger partial charge in [0.15, 0.2) is 0 Å². The van der Waals surface area contributed by atoms with E-state index in [1.165, 1.54) is 6.33 Å². The molecule has 8 heteroatoms. The third kappa shape index (κ3) is 3.46. The van der Waals surface area contributed by atoms with Crippen molar-refractivity contribution in [2.24, 2.45) is 12.8 Å². The molecule has 0 bridgehead atoms. The summed E-state index contributed by atoms with van der Waals surface area (Å²) >= 11 is 0. The average Bonchev–Trinajstić information content (AvgIpc) is 2.90. The minimum absolute atomic E-state index is 0.0921. The van der Waals surface area contributed by atoms with E-state index < -0.39 is 10.0 Å². The molecule has 0 radical (unpaired) electrons. The van der Waals surface area contributed by atoms with Crippen LogP contribution in [-0.4, -0.2) is 23.2 Å². The van der Waals surface area contributed by atoms with Gasteiger partial charge in [-0.05, 0) is 23.6 Å². The third-order valence-electron chi connectivity index (χ3n) is 3.26. The second-order valence-electron chi connectivity index (χ2n) is 4.68. The lowest BCUT2D eigenvalue weighted by molar-refractivity contribution is 0.576. The fourth-order valence-electron chi connectivity index (χ4n) is 1.97. The van der Waals surface area contributed by atoms with Gasteiger partial charge in [-0.2, -0.15) is 0 Å². The molecule has 0 aliphatic carbocycles. The summed E-state index contributed by atoms with van der Waals surface area (Å²) in [7, 11) is -1.86. The Bertz CT molecular complexity index is 724. The van der Waals surface area contributed by atoms with E-state index in [9.17, 15) is 8.42 Å². The van der Waals surface area contributed by atoms with E-state index in [1.54, 1.807) is 23.7 Å². The zero-order valence-corrected chi connectivity index (χ0v) is 12.9. The van der Waals surface area contributed by atoms with Crippen molar-refractivity contribution in [3.05, 3.63) is 41.5 Å². The molecule has 1 aromatic heterocycles. The Hall–Kier alpha value is -1.77. The second kappa shape index (κ2) is 6.33. The first kappa shape index (κ1) is 15.6. The molecule has 3 N–H and O–H groups in total. The highest BCUT2D eigenvalue weighted by Crippen LogP contribution is 2.18. The van der Waals surface area contributed by atoms with Crippen LogP contribution in [0.15, 0.2) is 29.4 Å². The molecule has 1 aromatic carbocycles. The summed E-state index contributed by atoms with van der Waals surface area (Å²) in [6.07, 6.45) is 2.15.